The van der Waals surface area contributed by atoms with E-state index in [9.17, 15) is 9.18 Å². The van der Waals surface area contributed by atoms with Crippen LogP contribution in [-0.4, -0.2) is 49.7 Å². The number of hydrogen-bond donors (Lipinski definition) is 2. The molecule has 3 rings (SSSR count). The summed E-state index contributed by atoms with van der Waals surface area (Å²) in [4.78, 5) is 14.7. The Labute approximate surface area is 183 Å². The number of likely N-dealkylation sites (tertiary alicyclic amines) is 1. The van der Waals surface area contributed by atoms with E-state index in [2.05, 4.69) is 10.2 Å². The van der Waals surface area contributed by atoms with Gasteiger partial charge in [0.05, 0.1) is 12.1 Å². The molecule has 0 bridgehead atoms. The molecule has 2 atom stereocenters. The predicted octanol–water partition coefficient (Wildman–Crippen LogP) is 3.33. The lowest BCUT2D eigenvalue weighted by molar-refractivity contribution is -0.124. The smallest absolute Gasteiger partial charge is 0.237 e. The van der Waals surface area contributed by atoms with E-state index >= 15 is 0 Å². The first kappa shape index (κ1) is 25.4. The minimum Gasteiger partial charge on any atom is -0.381 e. The van der Waals surface area contributed by atoms with Crippen molar-refractivity contribution in [2.45, 2.75) is 37.8 Å². The Kier molecular flexibility index (Phi) is 11.0. The summed E-state index contributed by atoms with van der Waals surface area (Å²) in [5.41, 5.74) is 6.60. The van der Waals surface area contributed by atoms with Crippen LogP contribution in [0.3, 0.4) is 0 Å². The van der Waals surface area contributed by atoms with Gasteiger partial charge >= 0.3 is 0 Å². The highest BCUT2D eigenvalue weighted by Gasteiger charge is 2.30. The second-order valence-corrected chi connectivity index (χ2v) is 7.52. The van der Waals surface area contributed by atoms with Crippen molar-refractivity contribution in [3.8, 4) is 0 Å². The fourth-order valence-corrected chi connectivity index (χ4v) is 4.19. The lowest BCUT2D eigenvalue weighted by atomic mass is 9.92. The van der Waals surface area contributed by atoms with Crippen molar-refractivity contribution < 1.29 is 13.9 Å². The predicted molar refractivity (Wildman–Crippen MR) is 114 cm³/mol. The molecule has 0 aliphatic carbocycles. The topological polar surface area (TPSA) is 67.6 Å². The minimum atomic E-state index is -0.561. The van der Waals surface area contributed by atoms with E-state index in [4.69, 9.17) is 22.1 Å². The van der Waals surface area contributed by atoms with Gasteiger partial charge in [0.1, 0.15) is 5.82 Å². The van der Waals surface area contributed by atoms with Crippen LogP contribution in [-0.2, 0) is 9.53 Å². The first-order valence-corrected chi connectivity index (χ1v) is 9.74. The zero-order chi connectivity index (χ0) is 18.5. The molecule has 2 unspecified atom stereocenters. The van der Waals surface area contributed by atoms with Gasteiger partial charge in [0.25, 0.3) is 0 Å². The Bertz CT molecular complexity index is 606. The maximum atomic E-state index is 14.5. The average molecular weight is 457 g/mol. The summed E-state index contributed by atoms with van der Waals surface area (Å²) in [6, 6.07) is 3.87. The summed E-state index contributed by atoms with van der Waals surface area (Å²) < 4.78 is 19.8. The zero-order valence-electron chi connectivity index (χ0n) is 15.7. The minimum absolute atomic E-state index is 0. The van der Waals surface area contributed by atoms with Crippen molar-refractivity contribution in [1.82, 2.24) is 10.2 Å². The van der Waals surface area contributed by atoms with E-state index in [-0.39, 0.29) is 48.5 Å². The number of rotatable bonds is 6. The van der Waals surface area contributed by atoms with Gasteiger partial charge in [0.15, 0.2) is 0 Å². The number of nitrogens with zero attached hydrogens (tertiary/aromatic N) is 1. The largest absolute Gasteiger partial charge is 0.381 e. The molecule has 0 saturated carbocycles. The third-order valence-corrected chi connectivity index (χ3v) is 5.79. The lowest BCUT2D eigenvalue weighted by Gasteiger charge is -2.31. The normalized spacial score (nSPS) is 20.0. The molecule has 1 aromatic rings. The molecule has 2 saturated heterocycles. The Balaban J connectivity index is 0.00000196. The van der Waals surface area contributed by atoms with Crippen molar-refractivity contribution in [3.63, 3.8) is 0 Å². The van der Waals surface area contributed by atoms with Gasteiger partial charge in [0.2, 0.25) is 5.91 Å². The van der Waals surface area contributed by atoms with E-state index in [0.29, 0.717) is 30.3 Å². The Morgan fingerprint density at radius 1 is 1.29 bits per heavy atom. The quantitative estimate of drug-likeness (QED) is 0.689. The number of amides is 1. The number of hydrogen-bond acceptors (Lipinski definition) is 4. The molecule has 0 aromatic heterocycles. The molecule has 1 amide bonds. The number of nitrogens with two attached hydrogens (primary N) is 1. The van der Waals surface area contributed by atoms with Gasteiger partial charge in [-0.2, -0.15) is 0 Å². The monoisotopic (exact) mass is 455 g/mol. The first-order chi connectivity index (χ1) is 12.6. The Hall–Kier alpha value is -0.630. The summed E-state index contributed by atoms with van der Waals surface area (Å²) in [5, 5.41) is 3.33. The molecule has 2 aliphatic heterocycles. The van der Waals surface area contributed by atoms with E-state index in [0.717, 1.165) is 38.8 Å². The molecule has 2 heterocycles. The maximum Gasteiger partial charge on any atom is 0.237 e. The number of halogens is 4. The summed E-state index contributed by atoms with van der Waals surface area (Å²) in [6.45, 7) is 3.34. The van der Waals surface area contributed by atoms with Crippen LogP contribution < -0.4 is 11.1 Å². The second-order valence-electron chi connectivity index (χ2n) is 7.11. The van der Waals surface area contributed by atoms with Crippen LogP contribution in [0.25, 0.3) is 0 Å². The number of benzene rings is 1. The molecule has 0 radical (unpaired) electrons. The SMILES string of the molecule is Cl.Cl.NC(C(=O)NCC(c1c(F)cccc1Cl)N1CCCC1)C1CCOCC1. The van der Waals surface area contributed by atoms with Crippen molar-refractivity contribution >= 4 is 42.3 Å². The van der Waals surface area contributed by atoms with Gasteiger partial charge in [-0.1, -0.05) is 17.7 Å². The number of carbonyl (C=O) groups excluding carboxylic acids is 1. The van der Waals surface area contributed by atoms with Crippen LogP contribution in [0.4, 0.5) is 4.39 Å². The van der Waals surface area contributed by atoms with Crippen molar-refractivity contribution in [1.29, 1.82) is 0 Å². The molecular formula is C19H29Cl3FN3O2. The third-order valence-electron chi connectivity index (χ3n) is 5.46. The maximum absolute atomic E-state index is 14.5. The molecule has 5 nitrogen and oxygen atoms in total. The van der Waals surface area contributed by atoms with Crippen LogP contribution in [0.1, 0.15) is 37.3 Å². The first-order valence-electron chi connectivity index (χ1n) is 9.37. The molecule has 3 N–H and O–H groups in total. The molecule has 9 heteroatoms. The molecular weight excluding hydrogens is 428 g/mol. The van der Waals surface area contributed by atoms with Crippen molar-refractivity contribution in [2.75, 3.05) is 32.8 Å². The van der Waals surface area contributed by atoms with Crippen LogP contribution >= 0.6 is 36.4 Å². The summed E-state index contributed by atoms with van der Waals surface area (Å²) in [6.07, 6.45) is 3.72. The van der Waals surface area contributed by atoms with Crippen LogP contribution in [0.5, 0.6) is 0 Å². The van der Waals surface area contributed by atoms with Crippen LogP contribution in [0.2, 0.25) is 5.02 Å². The van der Waals surface area contributed by atoms with Crippen LogP contribution in [0.15, 0.2) is 18.2 Å². The molecule has 0 spiro atoms. The fourth-order valence-electron chi connectivity index (χ4n) is 3.90. The Morgan fingerprint density at radius 2 is 1.93 bits per heavy atom. The number of nitrogens with one attached hydrogen (secondary N) is 1. The van der Waals surface area contributed by atoms with E-state index in [1.807, 2.05) is 0 Å². The highest BCUT2D eigenvalue weighted by atomic mass is 35.5. The van der Waals surface area contributed by atoms with E-state index in [1.165, 1.54) is 6.07 Å². The van der Waals surface area contributed by atoms with Crippen molar-refractivity contribution in [3.05, 3.63) is 34.6 Å². The van der Waals surface area contributed by atoms with Gasteiger partial charge in [-0.3, -0.25) is 9.69 Å². The standard InChI is InChI=1S/C19H27ClFN3O2.2ClH/c20-14-4-3-5-15(21)17(14)16(24-8-1-2-9-24)12-23-19(25)18(22)13-6-10-26-11-7-13;;/h3-5,13,16,18H,1-2,6-12,22H2,(H,23,25);2*1H. The second kappa shape index (κ2) is 12.2. The fraction of sp³-hybridized carbons (Fsp3) is 0.632. The van der Waals surface area contributed by atoms with Gasteiger partial charge < -0.3 is 15.8 Å². The average Bonchev–Trinajstić information content (AvgIpc) is 3.18. The van der Waals surface area contributed by atoms with Gasteiger partial charge in [0, 0.05) is 30.3 Å². The molecule has 160 valence electrons. The molecule has 2 fully saturated rings. The summed E-state index contributed by atoms with van der Waals surface area (Å²) in [7, 11) is 0. The third kappa shape index (κ3) is 6.18. The van der Waals surface area contributed by atoms with E-state index in [1.54, 1.807) is 12.1 Å². The highest BCUT2D eigenvalue weighted by Crippen LogP contribution is 2.32. The van der Waals surface area contributed by atoms with Gasteiger partial charge in [-0.05, 0) is 56.8 Å². The lowest BCUT2D eigenvalue weighted by Crippen LogP contribution is -2.49. The van der Waals surface area contributed by atoms with Crippen molar-refractivity contribution in [2.24, 2.45) is 11.7 Å². The zero-order valence-corrected chi connectivity index (χ0v) is 18.1. The number of ether oxygens (including phenoxy) is 1. The van der Waals surface area contributed by atoms with Gasteiger partial charge in [-0.25, -0.2) is 4.39 Å². The molecule has 28 heavy (non-hydrogen) atoms. The van der Waals surface area contributed by atoms with Crippen LogP contribution in [0, 0.1) is 11.7 Å². The molecule has 2 aliphatic rings. The summed E-state index contributed by atoms with van der Waals surface area (Å²) >= 11 is 6.28. The van der Waals surface area contributed by atoms with E-state index < -0.39 is 6.04 Å². The number of carbonyl (C=O) groups is 1. The Morgan fingerprint density at radius 3 is 2.54 bits per heavy atom. The van der Waals surface area contributed by atoms with Gasteiger partial charge in [-0.15, -0.1) is 24.8 Å². The molecule has 1 aromatic carbocycles. The highest BCUT2D eigenvalue weighted by molar-refractivity contribution is 6.31. The summed E-state index contributed by atoms with van der Waals surface area (Å²) in [5.74, 6) is -0.392.